The number of carbonyl (C=O) groups is 1. The Morgan fingerprint density at radius 3 is 2.57 bits per heavy atom. The van der Waals surface area contributed by atoms with E-state index >= 15 is 0 Å². The molecule has 0 amide bonds. The average molecular weight is 330 g/mol. The minimum atomic E-state index is -0.599. The molecule has 3 nitrogen and oxygen atoms in total. The first-order valence-electron chi connectivity index (χ1n) is 7.26. The molecule has 0 aliphatic carbocycles. The minimum Gasteiger partial charge on any atom is -0.465 e. The van der Waals surface area contributed by atoms with Crippen LogP contribution in [0.5, 0.6) is 0 Å². The van der Waals surface area contributed by atoms with Crippen molar-refractivity contribution in [1.29, 1.82) is 0 Å². The first-order valence-corrected chi connectivity index (χ1v) is 8.79. The molecule has 5 heteroatoms. The van der Waals surface area contributed by atoms with Gasteiger partial charge in [-0.1, -0.05) is 30.7 Å². The fourth-order valence-electron chi connectivity index (χ4n) is 1.99. The second-order valence-corrected chi connectivity index (χ2v) is 6.55. The SMILES string of the molecule is CCNC(C)(CCSCc1ccc(Cl)cc1)C(=O)OCC. The van der Waals surface area contributed by atoms with Crippen molar-refractivity contribution >= 4 is 29.3 Å². The summed E-state index contributed by atoms with van der Waals surface area (Å²) in [6, 6.07) is 7.87. The van der Waals surface area contributed by atoms with Gasteiger partial charge in [-0.15, -0.1) is 0 Å². The lowest BCUT2D eigenvalue weighted by molar-refractivity contribution is -0.150. The van der Waals surface area contributed by atoms with E-state index in [0.717, 1.165) is 29.5 Å². The number of benzene rings is 1. The number of carbonyl (C=O) groups excluding carboxylic acids is 1. The number of likely N-dealkylation sites (N-methyl/N-ethyl adjacent to an activating group) is 1. The van der Waals surface area contributed by atoms with Gasteiger partial charge in [0.25, 0.3) is 0 Å². The molecule has 0 heterocycles. The summed E-state index contributed by atoms with van der Waals surface area (Å²) in [5.74, 6) is 1.64. The molecule has 0 saturated heterocycles. The number of esters is 1. The molecule has 0 saturated carbocycles. The van der Waals surface area contributed by atoms with Gasteiger partial charge in [0, 0.05) is 10.8 Å². The lowest BCUT2D eigenvalue weighted by Gasteiger charge is -2.28. The standard InChI is InChI=1S/C16H24ClNO2S/c1-4-18-16(3,15(19)20-5-2)10-11-21-12-13-6-8-14(17)9-7-13/h6-9,18H,4-5,10-12H2,1-3H3. The Labute approximate surface area is 136 Å². The van der Waals surface area contributed by atoms with Crippen molar-refractivity contribution in [3.05, 3.63) is 34.9 Å². The molecule has 1 rings (SSSR count). The van der Waals surface area contributed by atoms with E-state index in [1.54, 1.807) is 0 Å². The Bertz CT molecular complexity index is 438. The summed E-state index contributed by atoms with van der Waals surface area (Å²) in [5, 5.41) is 4.00. The predicted octanol–water partition coefficient (Wildman–Crippen LogP) is 3.89. The molecule has 0 spiro atoms. The van der Waals surface area contributed by atoms with Crippen LogP contribution in [0.4, 0.5) is 0 Å². The van der Waals surface area contributed by atoms with E-state index in [9.17, 15) is 4.79 Å². The van der Waals surface area contributed by atoms with Gasteiger partial charge in [-0.05, 0) is 50.3 Å². The zero-order valence-electron chi connectivity index (χ0n) is 12.9. The minimum absolute atomic E-state index is 0.168. The molecule has 21 heavy (non-hydrogen) atoms. The lowest BCUT2D eigenvalue weighted by atomic mass is 9.99. The van der Waals surface area contributed by atoms with Gasteiger partial charge in [0.2, 0.25) is 0 Å². The van der Waals surface area contributed by atoms with Gasteiger partial charge in [-0.25, -0.2) is 0 Å². The average Bonchev–Trinajstić information content (AvgIpc) is 2.46. The molecule has 1 N–H and O–H groups in total. The van der Waals surface area contributed by atoms with E-state index in [2.05, 4.69) is 5.32 Å². The van der Waals surface area contributed by atoms with E-state index in [4.69, 9.17) is 16.3 Å². The number of thioether (sulfide) groups is 1. The Hall–Kier alpha value is -0.710. The van der Waals surface area contributed by atoms with Gasteiger partial charge in [-0.3, -0.25) is 4.79 Å². The number of halogens is 1. The van der Waals surface area contributed by atoms with Crippen LogP contribution in [-0.2, 0) is 15.3 Å². The summed E-state index contributed by atoms with van der Waals surface area (Å²) in [5.41, 5.74) is 0.642. The van der Waals surface area contributed by atoms with Crippen LogP contribution in [0.25, 0.3) is 0 Å². The number of ether oxygens (including phenoxy) is 1. The van der Waals surface area contributed by atoms with Gasteiger partial charge in [0.1, 0.15) is 5.54 Å². The molecule has 0 radical (unpaired) electrons. The van der Waals surface area contributed by atoms with E-state index in [1.165, 1.54) is 5.56 Å². The van der Waals surface area contributed by atoms with Crippen LogP contribution in [0.15, 0.2) is 24.3 Å². The summed E-state index contributed by atoms with van der Waals surface area (Å²) < 4.78 is 5.16. The molecule has 1 atom stereocenters. The maximum atomic E-state index is 12.0. The molecule has 0 aliphatic rings. The van der Waals surface area contributed by atoms with Crippen LogP contribution in [0.2, 0.25) is 5.02 Å². The summed E-state index contributed by atoms with van der Waals surface area (Å²) >= 11 is 7.68. The molecule has 1 aromatic rings. The Morgan fingerprint density at radius 2 is 2.00 bits per heavy atom. The van der Waals surface area contributed by atoms with Crippen molar-refractivity contribution in [2.45, 2.75) is 38.5 Å². The normalized spacial score (nSPS) is 13.7. The maximum Gasteiger partial charge on any atom is 0.326 e. The van der Waals surface area contributed by atoms with Crippen LogP contribution in [-0.4, -0.2) is 30.4 Å². The van der Waals surface area contributed by atoms with Crippen LogP contribution in [0.3, 0.4) is 0 Å². The van der Waals surface area contributed by atoms with Crippen molar-refractivity contribution < 1.29 is 9.53 Å². The van der Waals surface area contributed by atoms with E-state index in [0.29, 0.717) is 6.61 Å². The zero-order valence-corrected chi connectivity index (χ0v) is 14.5. The Morgan fingerprint density at radius 1 is 1.33 bits per heavy atom. The summed E-state index contributed by atoms with van der Waals surface area (Å²) in [6.07, 6.45) is 0.748. The highest BCUT2D eigenvalue weighted by molar-refractivity contribution is 7.98. The largest absolute Gasteiger partial charge is 0.465 e. The fraction of sp³-hybridized carbons (Fsp3) is 0.562. The Kier molecular flexibility index (Phi) is 8.15. The summed E-state index contributed by atoms with van der Waals surface area (Å²) in [7, 11) is 0. The van der Waals surface area contributed by atoms with Crippen molar-refractivity contribution in [1.82, 2.24) is 5.32 Å². The summed E-state index contributed by atoms with van der Waals surface area (Å²) in [4.78, 5) is 12.0. The summed E-state index contributed by atoms with van der Waals surface area (Å²) in [6.45, 7) is 6.91. The molecular weight excluding hydrogens is 306 g/mol. The molecular formula is C16H24ClNO2S. The van der Waals surface area contributed by atoms with E-state index in [-0.39, 0.29) is 5.97 Å². The number of hydrogen-bond donors (Lipinski definition) is 1. The third kappa shape index (κ3) is 6.29. The highest BCUT2D eigenvalue weighted by Gasteiger charge is 2.33. The van der Waals surface area contributed by atoms with Gasteiger partial charge < -0.3 is 10.1 Å². The molecule has 0 fully saturated rings. The van der Waals surface area contributed by atoms with Gasteiger partial charge in [-0.2, -0.15) is 11.8 Å². The molecule has 0 aromatic heterocycles. The first kappa shape index (κ1) is 18.3. The predicted molar refractivity (Wildman–Crippen MR) is 90.9 cm³/mol. The van der Waals surface area contributed by atoms with E-state index in [1.807, 2.05) is 56.8 Å². The zero-order chi connectivity index (χ0) is 15.7. The number of rotatable bonds is 9. The van der Waals surface area contributed by atoms with Crippen molar-refractivity contribution in [3.63, 3.8) is 0 Å². The van der Waals surface area contributed by atoms with Gasteiger partial charge in [0.05, 0.1) is 6.61 Å². The number of nitrogens with one attached hydrogen (secondary N) is 1. The van der Waals surface area contributed by atoms with Crippen molar-refractivity contribution in [2.24, 2.45) is 0 Å². The second kappa shape index (κ2) is 9.34. The topological polar surface area (TPSA) is 38.3 Å². The molecule has 0 bridgehead atoms. The van der Waals surface area contributed by atoms with Crippen LogP contribution < -0.4 is 5.32 Å². The Balaban J connectivity index is 2.43. The molecule has 1 aromatic carbocycles. The quantitative estimate of drug-likeness (QED) is 0.551. The highest BCUT2D eigenvalue weighted by atomic mass is 35.5. The van der Waals surface area contributed by atoms with Crippen LogP contribution in [0.1, 0.15) is 32.8 Å². The number of hydrogen-bond acceptors (Lipinski definition) is 4. The maximum absolute atomic E-state index is 12.0. The highest BCUT2D eigenvalue weighted by Crippen LogP contribution is 2.20. The fourth-order valence-corrected chi connectivity index (χ4v) is 3.24. The first-order chi connectivity index (χ1) is 10.0. The van der Waals surface area contributed by atoms with Gasteiger partial charge >= 0.3 is 5.97 Å². The van der Waals surface area contributed by atoms with Gasteiger partial charge in [0.15, 0.2) is 0 Å². The molecule has 118 valence electrons. The monoisotopic (exact) mass is 329 g/mol. The lowest BCUT2D eigenvalue weighted by Crippen LogP contribution is -2.50. The van der Waals surface area contributed by atoms with Crippen LogP contribution in [0, 0.1) is 0 Å². The third-order valence-electron chi connectivity index (χ3n) is 3.22. The van der Waals surface area contributed by atoms with Crippen molar-refractivity contribution in [2.75, 3.05) is 18.9 Å². The van der Waals surface area contributed by atoms with E-state index < -0.39 is 5.54 Å². The smallest absolute Gasteiger partial charge is 0.326 e. The third-order valence-corrected chi connectivity index (χ3v) is 4.50. The second-order valence-electron chi connectivity index (χ2n) is 5.01. The van der Waals surface area contributed by atoms with Crippen molar-refractivity contribution in [3.8, 4) is 0 Å². The molecule has 0 aliphatic heterocycles. The molecule has 1 unspecified atom stereocenters. The van der Waals surface area contributed by atoms with Crippen LogP contribution >= 0.6 is 23.4 Å².